The highest BCUT2D eigenvalue weighted by atomic mass is 16.5. The van der Waals surface area contributed by atoms with E-state index in [1.165, 1.54) is 7.11 Å². The first-order valence-electron chi connectivity index (χ1n) is 14.9. The number of nitrogens with one attached hydrogen (secondary N) is 5. The zero-order valence-corrected chi connectivity index (χ0v) is 26.1. The third-order valence-electron chi connectivity index (χ3n) is 7.75. The third-order valence-corrected chi connectivity index (χ3v) is 7.75. The molecule has 0 aliphatic carbocycles. The molecular formula is C32H40N6O7. The molecule has 1 aromatic carbocycles. The van der Waals surface area contributed by atoms with Crippen molar-refractivity contribution in [3.63, 3.8) is 0 Å². The number of ketones is 1. The molecule has 45 heavy (non-hydrogen) atoms. The number of hydrogen-bond acceptors (Lipinski definition) is 9. The van der Waals surface area contributed by atoms with Crippen LogP contribution >= 0.6 is 0 Å². The summed E-state index contributed by atoms with van der Waals surface area (Å²) < 4.78 is 10.7. The van der Waals surface area contributed by atoms with E-state index >= 15 is 0 Å². The minimum absolute atomic E-state index is 0.0173. The molecule has 0 unspecified atom stereocenters. The van der Waals surface area contributed by atoms with Gasteiger partial charge in [-0.05, 0) is 61.9 Å². The molecule has 240 valence electrons. The summed E-state index contributed by atoms with van der Waals surface area (Å²) in [5, 5.41) is 11.8. The van der Waals surface area contributed by atoms with Gasteiger partial charge < -0.3 is 35.7 Å². The fraction of sp³-hybridized carbons (Fsp3) is 0.438. The minimum Gasteiger partial charge on any atom is -0.496 e. The van der Waals surface area contributed by atoms with Gasteiger partial charge in [0.25, 0.3) is 5.91 Å². The summed E-state index contributed by atoms with van der Waals surface area (Å²) in [7, 11) is 3.15. The van der Waals surface area contributed by atoms with Crippen molar-refractivity contribution in [3.8, 4) is 5.75 Å². The van der Waals surface area contributed by atoms with Crippen LogP contribution in [0.1, 0.15) is 59.5 Å². The fourth-order valence-electron chi connectivity index (χ4n) is 5.38. The van der Waals surface area contributed by atoms with Crippen LogP contribution in [0.25, 0.3) is 10.9 Å². The minimum atomic E-state index is -1.14. The van der Waals surface area contributed by atoms with E-state index in [2.05, 4.69) is 31.2 Å². The van der Waals surface area contributed by atoms with Crippen LogP contribution in [0.2, 0.25) is 0 Å². The number of H-pyrrole nitrogens is 1. The molecule has 3 aromatic rings. The van der Waals surface area contributed by atoms with Crippen molar-refractivity contribution in [2.45, 2.75) is 52.1 Å². The van der Waals surface area contributed by atoms with E-state index < -0.39 is 48.2 Å². The fourth-order valence-corrected chi connectivity index (χ4v) is 5.38. The normalized spacial score (nSPS) is 15.7. The number of carbonyl (C=O) groups is 5. The first-order valence-corrected chi connectivity index (χ1v) is 14.9. The number of pyridine rings is 1. The quantitative estimate of drug-likeness (QED) is 0.169. The number of nitrogens with zero attached hydrogens (tertiary/aromatic N) is 1. The average molecular weight is 621 g/mol. The van der Waals surface area contributed by atoms with Crippen molar-refractivity contribution in [2.75, 3.05) is 32.6 Å². The van der Waals surface area contributed by atoms with Gasteiger partial charge in [-0.25, -0.2) is 9.78 Å². The summed E-state index contributed by atoms with van der Waals surface area (Å²) in [6, 6.07) is 6.56. The van der Waals surface area contributed by atoms with E-state index in [0.29, 0.717) is 41.0 Å². The van der Waals surface area contributed by atoms with Crippen LogP contribution in [0, 0.1) is 18.8 Å². The molecule has 3 amide bonds. The molecule has 3 atom stereocenters. The molecule has 0 spiro atoms. The van der Waals surface area contributed by atoms with E-state index in [9.17, 15) is 24.0 Å². The maximum absolute atomic E-state index is 13.6. The molecule has 0 saturated carbocycles. The van der Waals surface area contributed by atoms with Gasteiger partial charge in [0, 0.05) is 36.6 Å². The van der Waals surface area contributed by atoms with E-state index in [1.807, 2.05) is 19.9 Å². The Hall–Kier alpha value is -4.94. The number of aromatic amines is 1. The van der Waals surface area contributed by atoms with E-state index in [1.54, 1.807) is 44.4 Å². The van der Waals surface area contributed by atoms with Gasteiger partial charge >= 0.3 is 5.97 Å². The van der Waals surface area contributed by atoms with Crippen molar-refractivity contribution in [1.82, 2.24) is 25.9 Å². The molecule has 13 heteroatoms. The lowest BCUT2D eigenvalue weighted by atomic mass is 9.95. The molecular weight excluding hydrogens is 580 g/mol. The number of Topliss-reactive ketones (excluding diaryl/α,β-unsaturated/α-hetero) is 1. The van der Waals surface area contributed by atoms with E-state index in [0.717, 1.165) is 0 Å². The Kier molecular flexibility index (Phi) is 10.8. The highest BCUT2D eigenvalue weighted by Gasteiger charge is 2.34. The highest BCUT2D eigenvalue weighted by molar-refractivity contribution is 6.02. The van der Waals surface area contributed by atoms with E-state index in [-0.39, 0.29) is 35.9 Å². The molecule has 13 nitrogen and oxygen atoms in total. The number of carbonyl (C=O) groups excluding carboxylic acids is 5. The third kappa shape index (κ3) is 7.97. The summed E-state index contributed by atoms with van der Waals surface area (Å²) in [5.41, 5.74) is 1.74. The number of benzene rings is 1. The Labute approximate surface area is 261 Å². The number of rotatable bonds is 14. The van der Waals surface area contributed by atoms with Gasteiger partial charge in [0.05, 0.1) is 13.2 Å². The van der Waals surface area contributed by atoms with E-state index in [4.69, 9.17) is 9.47 Å². The lowest BCUT2D eigenvalue weighted by molar-refractivity contribution is -0.131. The second-order valence-electron chi connectivity index (χ2n) is 11.5. The van der Waals surface area contributed by atoms with Crippen LogP contribution < -0.4 is 26.0 Å². The van der Waals surface area contributed by atoms with Crippen molar-refractivity contribution < 1.29 is 33.4 Å². The van der Waals surface area contributed by atoms with Crippen molar-refractivity contribution in [1.29, 1.82) is 0 Å². The first kappa shape index (κ1) is 33.0. The van der Waals surface area contributed by atoms with Gasteiger partial charge in [0.1, 0.15) is 28.9 Å². The number of ether oxygens (including phenoxy) is 2. The molecule has 0 radical (unpaired) electrons. The van der Waals surface area contributed by atoms with Crippen LogP contribution in [0.5, 0.6) is 5.75 Å². The Morgan fingerprint density at radius 3 is 2.56 bits per heavy atom. The number of anilines is 1. The van der Waals surface area contributed by atoms with Gasteiger partial charge in [-0.1, -0.05) is 19.9 Å². The number of hydrogen-bond donors (Lipinski definition) is 5. The van der Waals surface area contributed by atoms with Crippen LogP contribution in [0.15, 0.2) is 36.5 Å². The van der Waals surface area contributed by atoms with Crippen LogP contribution in [0.3, 0.4) is 0 Å². The SMILES string of the molecule is CNc1nccc(C)c1C(=O)OCC(=O)[C@H](C[C@@H]1CCNC1=O)NC(=O)[C@H](CC(C)C)NC(=O)c1cc2c(OC)cccc2[nH]1. The largest absolute Gasteiger partial charge is 0.496 e. The number of amides is 3. The number of fused-ring (bicyclic) bond motifs is 1. The number of aromatic nitrogens is 2. The summed E-state index contributed by atoms with van der Waals surface area (Å²) in [4.78, 5) is 72.8. The van der Waals surface area contributed by atoms with Gasteiger partial charge in [-0.2, -0.15) is 0 Å². The molecule has 3 heterocycles. The molecule has 0 bridgehead atoms. The number of esters is 1. The van der Waals surface area contributed by atoms with Crippen LogP contribution in [-0.2, 0) is 19.1 Å². The van der Waals surface area contributed by atoms with Gasteiger partial charge in [-0.3, -0.25) is 19.2 Å². The molecule has 1 saturated heterocycles. The Bertz CT molecular complexity index is 1580. The molecule has 2 aromatic heterocycles. The highest BCUT2D eigenvalue weighted by Crippen LogP contribution is 2.26. The van der Waals surface area contributed by atoms with Crippen LogP contribution in [0.4, 0.5) is 5.82 Å². The summed E-state index contributed by atoms with van der Waals surface area (Å²) in [6.07, 6.45) is 2.34. The predicted molar refractivity (Wildman–Crippen MR) is 167 cm³/mol. The topological polar surface area (TPSA) is 181 Å². The molecule has 5 N–H and O–H groups in total. The number of aryl methyl sites for hydroxylation is 1. The average Bonchev–Trinajstić information content (AvgIpc) is 3.64. The maximum atomic E-state index is 13.6. The molecule has 1 aliphatic heterocycles. The summed E-state index contributed by atoms with van der Waals surface area (Å²) >= 11 is 0. The lowest BCUT2D eigenvalue weighted by Gasteiger charge is -2.25. The van der Waals surface area contributed by atoms with Crippen molar-refractivity contribution in [3.05, 3.63) is 53.3 Å². The van der Waals surface area contributed by atoms with Crippen LogP contribution in [-0.4, -0.2) is 78.8 Å². The lowest BCUT2D eigenvalue weighted by Crippen LogP contribution is -2.53. The summed E-state index contributed by atoms with van der Waals surface area (Å²) in [6.45, 7) is 5.36. The predicted octanol–water partition coefficient (Wildman–Crippen LogP) is 2.50. The van der Waals surface area contributed by atoms with Crippen molar-refractivity contribution >= 4 is 46.2 Å². The molecule has 1 aliphatic rings. The monoisotopic (exact) mass is 620 g/mol. The van der Waals surface area contributed by atoms with Crippen molar-refractivity contribution in [2.24, 2.45) is 11.8 Å². The second kappa shape index (κ2) is 14.7. The van der Waals surface area contributed by atoms with Gasteiger partial charge in [0.2, 0.25) is 11.8 Å². The van der Waals surface area contributed by atoms with Gasteiger partial charge in [0.15, 0.2) is 12.4 Å². The molecule has 4 rings (SSSR count). The van der Waals surface area contributed by atoms with Gasteiger partial charge in [-0.15, -0.1) is 0 Å². The standard InChI is InChI=1S/C32H40N6O7/c1-17(2)13-23(38-31(42)24-15-20-21(36-24)7-6-8-26(20)44-5)30(41)37-22(14-19-10-12-35-29(19)40)25(39)16-45-32(43)27-18(3)9-11-34-28(27)33-4/h6-9,11,15,17,19,22-23,36H,10,12-14,16H2,1-5H3,(H,33,34)(H,35,40)(H,37,41)(H,38,42)/t19-,22-,23-/m0/s1. The maximum Gasteiger partial charge on any atom is 0.342 e. The molecule has 1 fully saturated rings. The smallest absolute Gasteiger partial charge is 0.342 e. The number of methoxy groups -OCH3 is 1. The Morgan fingerprint density at radius 2 is 1.89 bits per heavy atom. The summed E-state index contributed by atoms with van der Waals surface area (Å²) in [5.74, 6) is -2.23. The zero-order valence-electron chi connectivity index (χ0n) is 26.1. The Balaban J connectivity index is 1.50. The zero-order chi connectivity index (χ0) is 32.7. The second-order valence-corrected chi connectivity index (χ2v) is 11.5. The Morgan fingerprint density at radius 1 is 1.11 bits per heavy atom. The first-order chi connectivity index (χ1) is 21.5.